The number of hydrogen-bond donors (Lipinski definition) is 3. The van der Waals surface area contributed by atoms with Gasteiger partial charge in [-0.15, -0.1) is 0 Å². The van der Waals surface area contributed by atoms with Gasteiger partial charge in [0.25, 0.3) is 5.91 Å². The molecule has 0 fully saturated rings. The molecule has 1 heterocycles. The van der Waals surface area contributed by atoms with Gasteiger partial charge in [0.05, 0.1) is 11.8 Å². The zero-order chi connectivity index (χ0) is 24.8. The van der Waals surface area contributed by atoms with E-state index in [4.69, 9.17) is 20.3 Å². The summed E-state index contributed by atoms with van der Waals surface area (Å²) in [6.45, 7) is 0.615. The number of halogens is 2. The van der Waals surface area contributed by atoms with Gasteiger partial charge in [-0.1, -0.05) is 24.3 Å². The summed E-state index contributed by atoms with van der Waals surface area (Å²) in [6.07, 6.45) is -0.343. The Bertz CT molecular complexity index is 1160. The number of amidine groups is 1. The van der Waals surface area contributed by atoms with E-state index >= 15 is 8.78 Å². The fourth-order valence-corrected chi connectivity index (χ4v) is 3.42. The number of nitrogens with zero attached hydrogens (tertiary/aromatic N) is 1. The molecule has 3 rings (SSSR count). The number of carbonyl (C=O) groups excluding carboxylic acids is 1. The number of ether oxygens (including phenoxy) is 1. The maximum absolute atomic E-state index is 15.0. The highest BCUT2D eigenvalue weighted by molar-refractivity contribution is 5.94. The Balaban J connectivity index is 1.95. The summed E-state index contributed by atoms with van der Waals surface area (Å²) in [6, 6.07) is 11.4. The number of carboxylic acid groups (broad SMARTS) is 1. The van der Waals surface area contributed by atoms with Crippen molar-refractivity contribution in [3.63, 3.8) is 0 Å². The Morgan fingerprint density at radius 1 is 1.18 bits per heavy atom. The van der Waals surface area contributed by atoms with E-state index < -0.39 is 41.7 Å². The van der Waals surface area contributed by atoms with Crippen molar-refractivity contribution in [3.05, 3.63) is 83.1 Å². The molecule has 1 aromatic heterocycles. The molecule has 0 aliphatic carbocycles. The molecule has 1 unspecified atom stereocenters. The standard InChI is InChI=1S/C24H23F2N3O5/c1-2-33-22(21-17(25)10-16(11-18(21)26)19-4-3-9-34-19)24(32)29(13-20(30)31)12-14-5-7-15(8-6-14)23(27)28/h3-11,22H,2,12-13H2,1H3,(H3,27,28)(H,30,31). The van der Waals surface area contributed by atoms with E-state index in [9.17, 15) is 14.7 Å². The van der Waals surface area contributed by atoms with Crippen LogP contribution in [0.15, 0.2) is 59.2 Å². The molecular weight excluding hydrogens is 448 g/mol. The lowest BCUT2D eigenvalue weighted by Gasteiger charge is -2.27. The molecule has 0 saturated carbocycles. The van der Waals surface area contributed by atoms with Gasteiger partial charge in [-0.05, 0) is 36.8 Å². The van der Waals surface area contributed by atoms with E-state index in [2.05, 4.69) is 0 Å². The van der Waals surface area contributed by atoms with Crippen LogP contribution in [0.4, 0.5) is 8.78 Å². The Hall–Kier alpha value is -4.05. The molecule has 0 aliphatic heterocycles. The maximum Gasteiger partial charge on any atom is 0.323 e. The molecule has 2 aromatic carbocycles. The zero-order valence-electron chi connectivity index (χ0n) is 18.3. The van der Waals surface area contributed by atoms with Crippen LogP contribution in [0.5, 0.6) is 0 Å². The summed E-state index contributed by atoms with van der Waals surface area (Å²) in [7, 11) is 0. The van der Waals surface area contributed by atoms with Gasteiger partial charge in [-0.3, -0.25) is 15.0 Å². The molecule has 34 heavy (non-hydrogen) atoms. The van der Waals surface area contributed by atoms with Crippen molar-refractivity contribution in [2.45, 2.75) is 19.6 Å². The highest BCUT2D eigenvalue weighted by Gasteiger charge is 2.33. The minimum atomic E-state index is -1.70. The highest BCUT2D eigenvalue weighted by Crippen LogP contribution is 2.31. The fraction of sp³-hybridized carbons (Fsp3) is 0.208. The van der Waals surface area contributed by atoms with Gasteiger partial charge in [0.2, 0.25) is 0 Å². The number of nitrogens with two attached hydrogens (primary N) is 1. The zero-order valence-corrected chi connectivity index (χ0v) is 18.3. The second kappa shape index (κ2) is 10.7. The Kier molecular flexibility index (Phi) is 7.75. The van der Waals surface area contributed by atoms with Crippen molar-refractivity contribution in [2.75, 3.05) is 13.2 Å². The summed E-state index contributed by atoms with van der Waals surface area (Å²) < 4.78 is 40.6. The van der Waals surface area contributed by atoms with E-state index in [1.54, 1.807) is 37.3 Å². The normalized spacial score (nSPS) is 11.7. The minimum absolute atomic E-state index is 0.0521. The summed E-state index contributed by atoms with van der Waals surface area (Å²) in [4.78, 5) is 25.7. The summed E-state index contributed by atoms with van der Waals surface area (Å²) in [5, 5.41) is 16.8. The number of nitrogens with one attached hydrogen (secondary N) is 1. The third kappa shape index (κ3) is 5.65. The first-order chi connectivity index (χ1) is 16.2. The number of benzene rings is 2. The van der Waals surface area contributed by atoms with Gasteiger partial charge < -0.3 is 24.9 Å². The van der Waals surface area contributed by atoms with Gasteiger partial charge in [-0.25, -0.2) is 8.78 Å². The van der Waals surface area contributed by atoms with Crippen LogP contribution in [0.1, 0.15) is 29.7 Å². The molecule has 1 amide bonds. The van der Waals surface area contributed by atoms with Crippen LogP contribution in [0.2, 0.25) is 0 Å². The van der Waals surface area contributed by atoms with Gasteiger partial charge in [0.1, 0.15) is 29.8 Å². The topological polar surface area (TPSA) is 130 Å². The first-order valence-corrected chi connectivity index (χ1v) is 10.3. The lowest BCUT2D eigenvalue weighted by atomic mass is 10.0. The van der Waals surface area contributed by atoms with Gasteiger partial charge in [0.15, 0.2) is 6.10 Å². The lowest BCUT2D eigenvalue weighted by molar-refractivity contribution is -0.151. The van der Waals surface area contributed by atoms with E-state index in [0.717, 1.165) is 17.0 Å². The van der Waals surface area contributed by atoms with Crippen molar-refractivity contribution in [2.24, 2.45) is 5.73 Å². The number of carbonyl (C=O) groups is 2. The first kappa shape index (κ1) is 24.6. The average Bonchev–Trinajstić information content (AvgIpc) is 3.32. The van der Waals surface area contributed by atoms with Gasteiger partial charge in [0, 0.05) is 24.3 Å². The van der Waals surface area contributed by atoms with Gasteiger partial charge in [-0.2, -0.15) is 0 Å². The van der Waals surface area contributed by atoms with Crippen molar-refractivity contribution in [3.8, 4) is 11.3 Å². The number of hydrogen-bond acceptors (Lipinski definition) is 5. The van der Waals surface area contributed by atoms with E-state index in [0.29, 0.717) is 11.1 Å². The van der Waals surface area contributed by atoms with E-state index in [1.165, 1.54) is 12.3 Å². The number of furan rings is 1. The molecule has 0 aliphatic rings. The number of carboxylic acids is 1. The van der Waals surface area contributed by atoms with Crippen LogP contribution >= 0.6 is 0 Å². The molecule has 1 atom stereocenters. The predicted molar refractivity (Wildman–Crippen MR) is 119 cm³/mol. The summed E-state index contributed by atoms with van der Waals surface area (Å²) >= 11 is 0. The largest absolute Gasteiger partial charge is 0.480 e. The first-order valence-electron chi connectivity index (χ1n) is 10.3. The third-order valence-electron chi connectivity index (χ3n) is 4.98. The quantitative estimate of drug-likeness (QED) is 0.305. The molecular formula is C24H23F2N3O5. The SMILES string of the molecule is CCOC(C(=O)N(CC(=O)O)Cc1ccc(C(=N)N)cc1)c1c(F)cc(-c2ccco2)cc1F. The smallest absolute Gasteiger partial charge is 0.323 e. The molecule has 3 aromatic rings. The molecule has 178 valence electrons. The van der Waals surface area contributed by atoms with E-state index in [1.807, 2.05) is 0 Å². The van der Waals surface area contributed by atoms with Crippen molar-refractivity contribution < 1.29 is 32.6 Å². The number of amides is 1. The summed E-state index contributed by atoms with van der Waals surface area (Å²) in [5.41, 5.74) is 5.93. The molecule has 4 N–H and O–H groups in total. The van der Waals surface area contributed by atoms with Crippen molar-refractivity contribution in [1.82, 2.24) is 4.90 Å². The number of rotatable bonds is 10. The second-order valence-electron chi connectivity index (χ2n) is 7.36. The molecule has 0 bridgehead atoms. The van der Waals surface area contributed by atoms with Crippen LogP contribution in [0, 0.1) is 17.0 Å². The third-order valence-corrected chi connectivity index (χ3v) is 4.98. The van der Waals surface area contributed by atoms with Crippen molar-refractivity contribution in [1.29, 1.82) is 5.41 Å². The van der Waals surface area contributed by atoms with Crippen LogP contribution in [-0.4, -0.2) is 40.9 Å². The average molecular weight is 471 g/mol. The van der Waals surface area contributed by atoms with Gasteiger partial charge >= 0.3 is 5.97 Å². The Labute approximate surface area is 194 Å². The number of nitrogen functional groups attached to an aromatic ring is 1. The molecule has 0 radical (unpaired) electrons. The maximum atomic E-state index is 15.0. The van der Waals surface area contributed by atoms with Crippen LogP contribution < -0.4 is 5.73 Å². The lowest BCUT2D eigenvalue weighted by Crippen LogP contribution is -2.39. The molecule has 8 nitrogen and oxygen atoms in total. The Morgan fingerprint density at radius 3 is 2.32 bits per heavy atom. The predicted octanol–water partition coefficient (Wildman–Crippen LogP) is 3.70. The van der Waals surface area contributed by atoms with Crippen molar-refractivity contribution >= 4 is 17.7 Å². The van der Waals surface area contributed by atoms with Crippen LogP contribution in [-0.2, 0) is 20.9 Å². The Morgan fingerprint density at radius 2 is 1.82 bits per heavy atom. The summed E-state index contributed by atoms with van der Waals surface area (Å²) in [5.74, 6) is -4.18. The highest BCUT2D eigenvalue weighted by atomic mass is 19.1. The minimum Gasteiger partial charge on any atom is -0.480 e. The fourth-order valence-electron chi connectivity index (χ4n) is 3.42. The van der Waals surface area contributed by atoms with E-state index in [-0.39, 0.29) is 30.3 Å². The monoisotopic (exact) mass is 471 g/mol. The molecule has 10 heteroatoms. The number of aliphatic carboxylic acids is 1. The van der Waals surface area contributed by atoms with Crippen LogP contribution in [0.25, 0.3) is 11.3 Å². The molecule has 0 saturated heterocycles. The second-order valence-corrected chi connectivity index (χ2v) is 7.36. The van der Waals surface area contributed by atoms with Crippen LogP contribution in [0.3, 0.4) is 0 Å². The molecule has 0 spiro atoms.